The van der Waals surface area contributed by atoms with Gasteiger partial charge in [0.2, 0.25) is 0 Å². The van der Waals surface area contributed by atoms with Crippen LogP contribution in [-0.2, 0) is 14.6 Å². The van der Waals surface area contributed by atoms with Crippen LogP contribution in [0.4, 0.5) is 0 Å². The van der Waals surface area contributed by atoms with E-state index in [0.29, 0.717) is 17.1 Å². The highest BCUT2D eigenvalue weighted by Gasteiger charge is 2.26. The van der Waals surface area contributed by atoms with Gasteiger partial charge in [-0.05, 0) is 75.9 Å². The highest BCUT2D eigenvalue weighted by atomic mass is 35.5. The maximum atomic E-state index is 11.5. The molecule has 0 unspecified atom stereocenters. The number of nitrogens with one attached hydrogen (secondary N) is 1. The molecular formula is C18H28ClNO4S. The molecule has 2 fully saturated rings. The lowest BCUT2D eigenvalue weighted by molar-refractivity contribution is -0.0548. The number of hydrogen-bond acceptors (Lipinski definition) is 5. The maximum absolute atomic E-state index is 11.5. The Morgan fingerprint density at radius 2 is 1.40 bits per heavy atom. The van der Waals surface area contributed by atoms with Crippen molar-refractivity contribution in [1.82, 2.24) is 5.32 Å². The van der Waals surface area contributed by atoms with Crippen LogP contribution in [0.5, 0.6) is 5.75 Å². The second-order valence-corrected chi connectivity index (χ2v) is 8.86. The van der Waals surface area contributed by atoms with Gasteiger partial charge in [0.25, 0.3) is 0 Å². The van der Waals surface area contributed by atoms with Crippen LogP contribution >= 0.6 is 12.4 Å². The van der Waals surface area contributed by atoms with Gasteiger partial charge in [-0.3, -0.25) is 0 Å². The minimum Gasteiger partial charge on any atom is -0.490 e. The third-order valence-corrected chi connectivity index (χ3v) is 5.98. The molecule has 1 N–H and O–H groups in total. The number of benzene rings is 1. The number of sulfone groups is 1. The molecule has 1 saturated carbocycles. The van der Waals surface area contributed by atoms with Gasteiger partial charge in [-0.2, -0.15) is 0 Å². The highest BCUT2D eigenvalue weighted by molar-refractivity contribution is 7.90. The Labute approximate surface area is 156 Å². The molecule has 0 aromatic heterocycles. The van der Waals surface area contributed by atoms with Crippen molar-refractivity contribution in [3.8, 4) is 5.75 Å². The zero-order valence-corrected chi connectivity index (χ0v) is 16.3. The van der Waals surface area contributed by atoms with E-state index in [4.69, 9.17) is 9.47 Å². The van der Waals surface area contributed by atoms with E-state index in [0.717, 1.165) is 57.4 Å². The number of piperidine rings is 1. The summed E-state index contributed by atoms with van der Waals surface area (Å²) >= 11 is 0. The third kappa shape index (κ3) is 6.13. The summed E-state index contributed by atoms with van der Waals surface area (Å²) in [4.78, 5) is 0.328. The Morgan fingerprint density at radius 3 is 1.96 bits per heavy atom. The van der Waals surface area contributed by atoms with Crippen LogP contribution in [0, 0.1) is 0 Å². The maximum Gasteiger partial charge on any atom is 0.175 e. The topological polar surface area (TPSA) is 64.6 Å². The molecule has 0 spiro atoms. The first-order valence-electron chi connectivity index (χ1n) is 8.83. The van der Waals surface area contributed by atoms with E-state index in [2.05, 4.69) is 5.32 Å². The third-order valence-electron chi connectivity index (χ3n) is 4.85. The zero-order valence-electron chi connectivity index (χ0n) is 14.6. The van der Waals surface area contributed by atoms with Gasteiger partial charge in [0.15, 0.2) is 9.84 Å². The summed E-state index contributed by atoms with van der Waals surface area (Å²) in [7, 11) is -3.15. The van der Waals surface area contributed by atoms with E-state index in [9.17, 15) is 8.42 Å². The molecule has 0 amide bonds. The van der Waals surface area contributed by atoms with Crippen LogP contribution in [-0.4, -0.2) is 46.1 Å². The minimum absolute atomic E-state index is 0. The van der Waals surface area contributed by atoms with Gasteiger partial charge < -0.3 is 14.8 Å². The molecule has 25 heavy (non-hydrogen) atoms. The molecule has 1 aromatic carbocycles. The lowest BCUT2D eigenvalue weighted by Crippen LogP contribution is -2.37. The number of rotatable bonds is 5. The second kappa shape index (κ2) is 9.21. The summed E-state index contributed by atoms with van der Waals surface area (Å²) in [5.41, 5.74) is 0. The fraction of sp³-hybridized carbons (Fsp3) is 0.667. The van der Waals surface area contributed by atoms with Gasteiger partial charge in [-0.25, -0.2) is 8.42 Å². The average molecular weight is 390 g/mol. The molecule has 0 radical (unpaired) electrons. The van der Waals surface area contributed by atoms with Gasteiger partial charge in [-0.15, -0.1) is 12.4 Å². The summed E-state index contributed by atoms with van der Waals surface area (Å²) in [5, 5.41) is 3.36. The molecule has 1 aliphatic heterocycles. The van der Waals surface area contributed by atoms with Crippen molar-refractivity contribution in [1.29, 1.82) is 0 Å². The quantitative estimate of drug-likeness (QED) is 0.838. The molecule has 1 aromatic rings. The monoisotopic (exact) mass is 389 g/mol. The van der Waals surface area contributed by atoms with E-state index in [1.807, 2.05) is 0 Å². The fourth-order valence-corrected chi connectivity index (χ4v) is 4.08. The minimum atomic E-state index is -3.15. The smallest absolute Gasteiger partial charge is 0.175 e. The highest BCUT2D eigenvalue weighted by Crippen LogP contribution is 2.27. The Hall–Kier alpha value is -0.820. The van der Waals surface area contributed by atoms with Crippen molar-refractivity contribution in [2.45, 2.75) is 61.7 Å². The summed E-state index contributed by atoms with van der Waals surface area (Å²) in [5.74, 6) is 0.741. The molecule has 1 saturated heterocycles. The van der Waals surface area contributed by atoms with Crippen molar-refractivity contribution in [2.24, 2.45) is 0 Å². The predicted octanol–water partition coefficient (Wildman–Crippen LogP) is 2.97. The summed E-state index contributed by atoms with van der Waals surface area (Å²) in [6.07, 6.45) is 8.47. The van der Waals surface area contributed by atoms with Gasteiger partial charge in [0, 0.05) is 6.26 Å². The molecule has 0 bridgehead atoms. The van der Waals surface area contributed by atoms with Crippen molar-refractivity contribution < 1.29 is 17.9 Å². The summed E-state index contributed by atoms with van der Waals surface area (Å²) in [6.45, 7) is 2.12. The Morgan fingerprint density at radius 1 is 0.880 bits per heavy atom. The van der Waals surface area contributed by atoms with E-state index in [1.54, 1.807) is 24.3 Å². The van der Waals surface area contributed by atoms with Gasteiger partial charge >= 0.3 is 0 Å². The predicted molar refractivity (Wildman–Crippen MR) is 100 cm³/mol. The Kier molecular flexibility index (Phi) is 7.55. The summed E-state index contributed by atoms with van der Waals surface area (Å²) < 4.78 is 35.2. The number of ether oxygens (including phenoxy) is 2. The zero-order chi connectivity index (χ0) is 17.0. The summed E-state index contributed by atoms with van der Waals surface area (Å²) in [6, 6.07) is 6.70. The van der Waals surface area contributed by atoms with Crippen LogP contribution in [0.3, 0.4) is 0 Å². The number of hydrogen-bond donors (Lipinski definition) is 1. The molecule has 0 atom stereocenters. The second-order valence-electron chi connectivity index (χ2n) is 6.85. The fourth-order valence-electron chi connectivity index (χ4n) is 3.45. The molecule has 5 nitrogen and oxygen atoms in total. The van der Waals surface area contributed by atoms with Gasteiger partial charge in [0.1, 0.15) is 5.75 Å². The SMILES string of the molecule is CS(=O)(=O)c1ccc(O[C@H]2CC[C@H](OC3CCNCC3)CC2)cc1.Cl. The molecule has 1 heterocycles. The van der Waals surface area contributed by atoms with Crippen molar-refractivity contribution in [2.75, 3.05) is 19.3 Å². The number of halogens is 1. The van der Waals surface area contributed by atoms with E-state index >= 15 is 0 Å². The first-order chi connectivity index (χ1) is 11.5. The largest absolute Gasteiger partial charge is 0.490 e. The van der Waals surface area contributed by atoms with Crippen LogP contribution in [0.15, 0.2) is 29.2 Å². The molecule has 1 aliphatic carbocycles. The Bertz CT molecular complexity index is 621. The molecular weight excluding hydrogens is 362 g/mol. The molecule has 7 heteroatoms. The molecule has 142 valence electrons. The van der Waals surface area contributed by atoms with Crippen molar-refractivity contribution >= 4 is 22.2 Å². The van der Waals surface area contributed by atoms with Crippen molar-refractivity contribution in [3.05, 3.63) is 24.3 Å². The van der Waals surface area contributed by atoms with Crippen LogP contribution in [0.2, 0.25) is 0 Å². The molecule has 3 rings (SSSR count). The van der Waals surface area contributed by atoms with Crippen LogP contribution in [0.25, 0.3) is 0 Å². The van der Waals surface area contributed by atoms with Crippen LogP contribution in [0.1, 0.15) is 38.5 Å². The first kappa shape index (κ1) is 20.5. The van der Waals surface area contributed by atoms with Crippen molar-refractivity contribution in [3.63, 3.8) is 0 Å². The normalized spacial score (nSPS) is 25.2. The van der Waals surface area contributed by atoms with E-state index < -0.39 is 9.84 Å². The lowest BCUT2D eigenvalue weighted by atomic mass is 9.94. The molecule has 2 aliphatic rings. The standard InChI is InChI=1S/C18H27NO4S.ClH/c1-24(20,21)18-8-6-16(7-9-18)22-14-2-4-15(5-3-14)23-17-10-12-19-13-11-17;/h6-9,14-15,17,19H,2-5,10-13H2,1H3;1H/t14-,15-;. The van der Waals surface area contributed by atoms with Crippen LogP contribution < -0.4 is 10.1 Å². The van der Waals surface area contributed by atoms with Gasteiger partial charge in [0.05, 0.1) is 23.2 Å². The first-order valence-corrected chi connectivity index (χ1v) is 10.7. The van der Waals surface area contributed by atoms with E-state index in [-0.39, 0.29) is 18.5 Å². The van der Waals surface area contributed by atoms with E-state index in [1.165, 1.54) is 6.26 Å². The van der Waals surface area contributed by atoms with Gasteiger partial charge in [-0.1, -0.05) is 0 Å². The lowest BCUT2D eigenvalue weighted by Gasteiger charge is -2.33. The Balaban J connectivity index is 0.00000225. The average Bonchev–Trinajstić information content (AvgIpc) is 2.57.